The summed E-state index contributed by atoms with van der Waals surface area (Å²) in [5.41, 5.74) is 7.46. The summed E-state index contributed by atoms with van der Waals surface area (Å²) in [6.45, 7) is 0. The molecule has 0 unspecified atom stereocenters. The average Bonchev–Trinajstić information content (AvgIpc) is 3.06. The Labute approximate surface area is 107 Å². The van der Waals surface area contributed by atoms with E-state index < -0.39 is 0 Å². The van der Waals surface area contributed by atoms with Crippen molar-refractivity contribution in [3.05, 3.63) is 17.7 Å². The molecule has 0 saturated heterocycles. The molecule has 0 radical (unpaired) electrons. The zero-order chi connectivity index (χ0) is 12.5. The summed E-state index contributed by atoms with van der Waals surface area (Å²) in [6.07, 6.45) is 5.21. The third-order valence-electron chi connectivity index (χ3n) is 3.22. The van der Waals surface area contributed by atoms with Gasteiger partial charge in [-0.25, -0.2) is 0 Å². The normalized spacial score (nSPS) is 16.7. The van der Waals surface area contributed by atoms with Crippen molar-refractivity contribution in [3.8, 4) is 11.5 Å². The second-order valence-corrected chi connectivity index (χ2v) is 5.35. The molecule has 1 aromatic carbocycles. The third-order valence-corrected chi connectivity index (χ3v) is 4.08. The SMILES string of the molecule is COc1ccc(CC2(N)CC2)c(SC)c1OC. The van der Waals surface area contributed by atoms with Crippen LogP contribution in [0.3, 0.4) is 0 Å². The molecule has 94 valence electrons. The number of ether oxygens (including phenoxy) is 2. The van der Waals surface area contributed by atoms with Crippen molar-refractivity contribution in [3.63, 3.8) is 0 Å². The summed E-state index contributed by atoms with van der Waals surface area (Å²) in [6, 6.07) is 4.06. The Hall–Kier alpha value is -0.870. The quantitative estimate of drug-likeness (QED) is 0.819. The first-order chi connectivity index (χ1) is 8.13. The minimum Gasteiger partial charge on any atom is -0.493 e. The van der Waals surface area contributed by atoms with Crippen molar-refractivity contribution >= 4 is 11.8 Å². The molecule has 2 N–H and O–H groups in total. The number of hydrogen-bond acceptors (Lipinski definition) is 4. The van der Waals surface area contributed by atoms with E-state index in [0.717, 1.165) is 35.7 Å². The summed E-state index contributed by atoms with van der Waals surface area (Å²) >= 11 is 1.68. The van der Waals surface area contributed by atoms with E-state index in [4.69, 9.17) is 15.2 Å². The van der Waals surface area contributed by atoms with Crippen LogP contribution in [0.15, 0.2) is 17.0 Å². The van der Waals surface area contributed by atoms with Gasteiger partial charge in [0.25, 0.3) is 0 Å². The summed E-state index contributed by atoms with van der Waals surface area (Å²) in [5, 5.41) is 0. The number of benzene rings is 1. The third kappa shape index (κ3) is 2.53. The molecule has 1 aliphatic rings. The molecule has 2 rings (SSSR count). The number of rotatable bonds is 5. The van der Waals surface area contributed by atoms with Gasteiger partial charge >= 0.3 is 0 Å². The lowest BCUT2D eigenvalue weighted by molar-refractivity contribution is 0.347. The first-order valence-corrected chi connectivity index (χ1v) is 6.93. The molecule has 1 aliphatic carbocycles. The summed E-state index contributed by atoms with van der Waals surface area (Å²) < 4.78 is 10.8. The van der Waals surface area contributed by atoms with E-state index in [1.165, 1.54) is 5.56 Å². The maximum atomic E-state index is 6.18. The molecule has 0 bridgehead atoms. The Morgan fingerprint density at radius 2 is 2.00 bits per heavy atom. The average molecular weight is 253 g/mol. The zero-order valence-electron chi connectivity index (χ0n) is 10.6. The molecule has 1 aromatic rings. The Bertz CT molecular complexity index is 416. The van der Waals surface area contributed by atoms with Crippen LogP contribution in [0.25, 0.3) is 0 Å². The Balaban J connectivity index is 2.38. The van der Waals surface area contributed by atoms with Gasteiger partial charge in [0.2, 0.25) is 0 Å². The van der Waals surface area contributed by atoms with E-state index in [1.807, 2.05) is 6.07 Å². The largest absolute Gasteiger partial charge is 0.493 e. The monoisotopic (exact) mass is 253 g/mol. The van der Waals surface area contributed by atoms with Crippen LogP contribution in [0.1, 0.15) is 18.4 Å². The van der Waals surface area contributed by atoms with Crippen LogP contribution < -0.4 is 15.2 Å². The predicted octanol–water partition coefficient (Wildman–Crippen LogP) is 2.46. The van der Waals surface area contributed by atoms with Gasteiger partial charge in [0.1, 0.15) is 0 Å². The van der Waals surface area contributed by atoms with Crippen LogP contribution in [0.2, 0.25) is 0 Å². The van der Waals surface area contributed by atoms with Gasteiger partial charge in [-0.1, -0.05) is 6.07 Å². The van der Waals surface area contributed by atoms with Crippen LogP contribution >= 0.6 is 11.8 Å². The topological polar surface area (TPSA) is 44.5 Å². The lowest BCUT2D eigenvalue weighted by Gasteiger charge is -2.17. The molecule has 0 spiro atoms. The van der Waals surface area contributed by atoms with Gasteiger partial charge in [-0.2, -0.15) is 0 Å². The minimum absolute atomic E-state index is 0.0179. The molecule has 0 aromatic heterocycles. The van der Waals surface area contributed by atoms with Crippen LogP contribution in [-0.4, -0.2) is 26.0 Å². The predicted molar refractivity (Wildman–Crippen MR) is 71.2 cm³/mol. The molecule has 1 saturated carbocycles. The van der Waals surface area contributed by atoms with Gasteiger partial charge in [0, 0.05) is 5.54 Å². The van der Waals surface area contributed by atoms with Gasteiger partial charge in [-0.05, 0) is 37.1 Å². The highest BCUT2D eigenvalue weighted by Gasteiger charge is 2.38. The van der Waals surface area contributed by atoms with Crippen molar-refractivity contribution in [1.82, 2.24) is 0 Å². The minimum atomic E-state index is 0.0179. The van der Waals surface area contributed by atoms with Crippen LogP contribution in [-0.2, 0) is 6.42 Å². The fourth-order valence-electron chi connectivity index (χ4n) is 2.02. The first kappa shape index (κ1) is 12.6. The Morgan fingerprint density at radius 3 is 2.47 bits per heavy atom. The molecule has 0 heterocycles. The lowest BCUT2D eigenvalue weighted by Crippen LogP contribution is -2.24. The Kier molecular flexibility index (Phi) is 3.54. The number of methoxy groups -OCH3 is 2. The summed E-state index contributed by atoms with van der Waals surface area (Å²) in [4.78, 5) is 1.14. The van der Waals surface area contributed by atoms with E-state index in [0.29, 0.717) is 0 Å². The van der Waals surface area contributed by atoms with Crippen molar-refractivity contribution in [2.75, 3.05) is 20.5 Å². The maximum Gasteiger partial charge on any atom is 0.174 e. The standard InChI is InChI=1S/C13H19NO2S/c1-15-10-5-4-9(8-13(14)6-7-13)12(17-3)11(10)16-2/h4-5H,6-8,14H2,1-3H3. The highest BCUT2D eigenvalue weighted by molar-refractivity contribution is 7.98. The first-order valence-electron chi connectivity index (χ1n) is 5.70. The van der Waals surface area contributed by atoms with Crippen molar-refractivity contribution in [1.29, 1.82) is 0 Å². The van der Waals surface area contributed by atoms with E-state index in [9.17, 15) is 0 Å². The van der Waals surface area contributed by atoms with E-state index in [2.05, 4.69) is 12.3 Å². The molecular formula is C13H19NO2S. The highest BCUT2D eigenvalue weighted by Crippen LogP contribution is 2.43. The van der Waals surface area contributed by atoms with Crippen molar-refractivity contribution in [2.45, 2.75) is 29.7 Å². The van der Waals surface area contributed by atoms with Gasteiger partial charge in [0.05, 0.1) is 19.1 Å². The fraction of sp³-hybridized carbons (Fsp3) is 0.538. The maximum absolute atomic E-state index is 6.18. The van der Waals surface area contributed by atoms with E-state index in [-0.39, 0.29) is 5.54 Å². The fourth-order valence-corrected chi connectivity index (χ4v) is 2.79. The number of nitrogens with two attached hydrogens (primary N) is 1. The van der Waals surface area contributed by atoms with Crippen LogP contribution in [0.4, 0.5) is 0 Å². The molecule has 4 heteroatoms. The van der Waals surface area contributed by atoms with Gasteiger partial charge in [0.15, 0.2) is 11.5 Å². The molecule has 0 atom stereocenters. The highest BCUT2D eigenvalue weighted by atomic mass is 32.2. The molecule has 17 heavy (non-hydrogen) atoms. The summed E-state index contributed by atoms with van der Waals surface area (Å²) in [7, 11) is 3.34. The molecule has 3 nitrogen and oxygen atoms in total. The molecule has 0 amide bonds. The van der Waals surface area contributed by atoms with E-state index >= 15 is 0 Å². The van der Waals surface area contributed by atoms with Crippen LogP contribution in [0, 0.1) is 0 Å². The number of thioether (sulfide) groups is 1. The van der Waals surface area contributed by atoms with Crippen molar-refractivity contribution < 1.29 is 9.47 Å². The second kappa shape index (κ2) is 4.78. The van der Waals surface area contributed by atoms with Gasteiger partial charge in [-0.3, -0.25) is 0 Å². The Morgan fingerprint density at radius 1 is 1.29 bits per heavy atom. The summed E-state index contributed by atoms with van der Waals surface area (Å²) in [5.74, 6) is 1.60. The number of hydrogen-bond donors (Lipinski definition) is 1. The van der Waals surface area contributed by atoms with Gasteiger partial charge < -0.3 is 15.2 Å². The second-order valence-electron chi connectivity index (χ2n) is 4.53. The lowest BCUT2D eigenvalue weighted by atomic mass is 10.0. The van der Waals surface area contributed by atoms with Crippen LogP contribution in [0.5, 0.6) is 11.5 Å². The van der Waals surface area contributed by atoms with Crippen molar-refractivity contribution in [2.24, 2.45) is 5.73 Å². The van der Waals surface area contributed by atoms with Gasteiger partial charge in [-0.15, -0.1) is 11.8 Å². The molecular weight excluding hydrogens is 234 g/mol. The zero-order valence-corrected chi connectivity index (χ0v) is 11.4. The molecule has 0 aliphatic heterocycles. The molecule has 1 fully saturated rings. The smallest absolute Gasteiger partial charge is 0.174 e. The van der Waals surface area contributed by atoms with E-state index in [1.54, 1.807) is 26.0 Å².